The fourth-order valence-corrected chi connectivity index (χ4v) is 3.68. The number of hydrogen-bond donors (Lipinski definition) is 0. The minimum atomic E-state index is 0.731. The van der Waals surface area contributed by atoms with Crippen LogP contribution in [0.1, 0.15) is 29.7 Å². The Bertz CT molecular complexity index is 852. The Morgan fingerprint density at radius 3 is 2.11 bits per heavy atom. The summed E-state index contributed by atoms with van der Waals surface area (Å²) >= 11 is 5.94. The Hall–Kier alpha value is -2.23. The number of aryl methyl sites for hydroxylation is 2. The quantitative estimate of drug-likeness (QED) is 0.592. The summed E-state index contributed by atoms with van der Waals surface area (Å²) in [5.74, 6) is 0. The molecule has 2 aromatic carbocycles. The molecule has 0 atom stereocenters. The fourth-order valence-electron chi connectivity index (χ4n) is 3.55. The summed E-state index contributed by atoms with van der Waals surface area (Å²) in [4.78, 5) is 2.53. The van der Waals surface area contributed by atoms with E-state index in [0.29, 0.717) is 0 Å². The molecule has 2 heterocycles. The standard InChI is InChI=1S/C23H24ClN3/c24-21-10-8-20(9-11-21)23-14-13-22(25-26-23)12-7-18-3-5-19(6-4-18)17-27-15-1-2-16-27/h3-6,8-11,13-14H,1-2,7,12,15-17H2. The van der Waals surface area contributed by atoms with Crippen molar-refractivity contribution >= 4 is 11.6 Å². The van der Waals surface area contributed by atoms with Crippen molar-refractivity contribution in [2.24, 2.45) is 0 Å². The predicted molar refractivity (Wildman–Crippen MR) is 111 cm³/mol. The van der Waals surface area contributed by atoms with Crippen molar-refractivity contribution in [1.82, 2.24) is 15.1 Å². The minimum absolute atomic E-state index is 0.731. The maximum absolute atomic E-state index is 5.94. The Kier molecular flexibility index (Phi) is 5.81. The van der Waals surface area contributed by atoms with Gasteiger partial charge < -0.3 is 0 Å². The van der Waals surface area contributed by atoms with E-state index in [-0.39, 0.29) is 0 Å². The largest absolute Gasteiger partial charge is 0.299 e. The zero-order chi connectivity index (χ0) is 18.5. The number of aromatic nitrogens is 2. The maximum atomic E-state index is 5.94. The monoisotopic (exact) mass is 377 g/mol. The molecule has 0 saturated carbocycles. The van der Waals surface area contributed by atoms with E-state index in [1.165, 1.54) is 37.1 Å². The molecule has 4 heteroatoms. The molecule has 3 aromatic rings. The van der Waals surface area contributed by atoms with E-state index >= 15 is 0 Å². The molecule has 0 bridgehead atoms. The first-order valence-corrected chi connectivity index (χ1v) is 10.0. The average molecular weight is 378 g/mol. The van der Waals surface area contributed by atoms with Crippen molar-refractivity contribution < 1.29 is 0 Å². The summed E-state index contributed by atoms with van der Waals surface area (Å²) in [6.45, 7) is 3.57. The van der Waals surface area contributed by atoms with Crippen LogP contribution in [0.25, 0.3) is 11.3 Å². The summed E-state index contributed by atoms with van der Waals surface area (Å²) in [6.07, 6.45) is 4.57. The lowest BCUT2D eigenvalue weighted by molar-refractivity contribution is 0.331. The molecule has 27 heavy (non-hydrogen) atoms. The molecular weight excluding hydrogens is 354 g/mol. The van der Waals surface area contributed by atoms with Crippen LogP contribution in [0.3, 0.4) is 0 Å². The predicted octanol–water partition coefficient (Wildman–Crippen LogP) is 5.18. The van der Waals surface area contributed by atoms with E-state index in [0.717, 1.165) is 41.4 Å². The van der Waals surface area contributed by atoms with Crippen LogP contribution in [0.4, 0.5) is 0 Å². The number of likely N-dealkylation sites (tertiary alicyclic amines) is 1. The highest BCUT2D eigenvalue weighted by atomic mass is 35.5. The van der Waals surface area contributed by atoms with Crippen LogP contribution >= 0.6 is 11.6 Å². The molecule has 1 aliphatic rings. The van der Waals surface area contributed by atoms with Gasteiger partial charge in [0.2, 0.25) is 0 Å². The lowest BCUT2D eigenvalue weighted by Crippen LogP contribution is -2.18. The van der Waals surface area contributed by atoms with E-state index in [2.05, 4.69) is 45.4 Å². The van der Waals surface area contributed by atoms with E-state index in [9.17, 15) is 0 Å². The molecule has 1 aliphatic heterocycles. The molecule has 0 unspecified atom stereocenters. The van der Waals surface area contributed by atoms with Gasteiger partial charge in [0.1, 0.15) is 0 Å². The minimum Gasteiger partial charge on any atom is -0.299 e. The first kappa shape index (κ1) is 18.1. The third kappa shape index (κ3) is 4.94. The fraction of sp³-hybridized carbons (Fsp3) is 0.304. The van der Waals surface area contributed by atoms with Gasteiger partial charge in [0.05, 0.1) is 11.4 Å². The second kappa shape index (κ2) is 8.64. The molecular formula is C23H24ClN3. The number of nitrogens with zero attached hydrogens (tertiary/aromatic N) is 3. The lowest BCUT2D eigenvalue weighted by atomic mass is 10.1. The van der Waals surface area contributed by atoms with Crippen molar-refractivity contribution in [2.45, 2.75) is 32.2 Å². The van der Waals surface area contributed by atoms with Crippen molar-refractivity contribution in [1.29, 1.82) is 0 Å². The Morgan fingerprint density at radius 1 is 0.741 bits per heavy atom. The number of rotatable bonds is 6. The molecule has 1 aromatic heterocycles. The normalized spacial score (nSPS) is 14.6. The Balaban J connectivity index is 1.32. The molecule has 138 valence electrons. The van der Waals surface area contributed by atoms with Crippen LogP contribution in [0.5, 0.6) is 0 Å². The van der Waals surface area contributed by atoms with E-state index < -0.39 is 0 Å². The van der Waals surface area contributed by atoms with Gasteiger partial charge in [0.15, 0.2) is 0 Å². The third-order valence-electron chi connectivity index (χ3n) is 5.16. The zero-order valence-electron chi connectivity index (χ0n) is 15.4. The van der Waals surface area contributed by atoms with Gasteiger partial charge in [-0.2, -0.15) is 10.2 Å². The van der Waals surface area contributed by atoms with Gasteiger partial charge in [-0.15, -0.1) is 0 Å². The van der Waals surface area contributed by atoms with Crippen LogP contribution in [0.15, 0.2) is 60.7 Å². The van der Waals surface area contributed by atoms with Gasteiger partial charge in [-0.25, -0.2) is 0 Å². The first-order chi connectivity index (χ1) is 13.3. The lowest BCUT2D eigenvalue weighted by Gasteiger charge is -2.14. The molecule has 0 spiro atoms. The molecule has 0 aliphatic carbocycles. The first-order valence-electron chi connectivity index (χ1n) is 9.65. The Labute approximate surface area is 166 Å². The van der Waals surface area contributed by atoms with Gasteiger partial charge in [-0.3, -0.25) is 4.90 Å². The van der Waals surface area contributed by atoms with Gasteiger partial charge in [-0.1, -0.05) is 48.0 Å². The summed E-state index contributed by atoms with van der Waals surface area (Å²) in [6, 6.07) is 20.8. The molecule has 3 nitrogen and oxygen atoms in total. The molecule has 0 radical (unpaired) electrons. The molecule has 1 fully saturated rings. The van der Waals surface area contributed by atoms with Gasteiger partial charge in [0, 0.05) is 17.1 Å². The van der Waals surface area contributed by atoms with Crippen molar-refractivity contribution in [2.75, 3.05) is 13.1 Å². The maximum Gasteiger partial charge on any atom is 0.0929 e. The van der Waals surface area contributed by atoms with Crippen LogP contribution in [-0.2, 0) is 19.4 Å². The van der Waals surface area contributed by atoms with E-state index in [4.69, 9.17) is 11.6 Å². The summed E-state index contributed by atoms with van der Waals surface area (Å²) in [7, 11) is 0. The second-order valence-corrected chi connectivity index (χ2v) is 7.65. The molecule has 4 rings (SSSR count). The van der Waals surface area contributed by atoms with Crippen LogP contribution < -0.4 is 0 Å². The SMILES string of the molecule is Clc1ccc(-c2ccc(CCc3ccc(CN4CCCC4)cc3)nn2)cc1. The number of halogens is 1. The van der Waals surface area contributed by atoms with Crippen molar-refractivity contribution in [3.05, 3.63) is 82.5 Å². The molecule has 0 amide bonds. The topological polar surface area (TPSA) is 29.0 Å². The number of benzene rings is 2. The highest BCUT2D eigenvalue weighted by molar-refractivity contribution is 6.30. The highest BCUT2D eigenvalue weighted by Crippen LogP contribution is 2.19. The van der Waals surface area contributed by atoms with Gasteiger partial charge >= 0.3 is 0 Å². The summed E-state index contributed by atoms with van der Waals surface area (Å²) in [5, 5.41) is 9.48. The average Bonchev–Trinajstić information content (AvgIpc) is 3.22. The van der Waals surface area contributed by atoms with E-state index in [1.54, 1.807) is 0 Å². The van der Waals surface area contributed by atoms with Crippen LogP contribution in [-0.4, -0.2) is 28.2 Å². The smallest absolute Gasteiger partial charge is 0.0929 e. The van der Waals surface area contributed by atoms with Gasteiger partial charge in [0.25, 0.3) is 0 Å². The molecule has 0 N–H and O–H groups in total. The van der Waals surface area contributed by atoms with Crippen molar-refractivity contribution in [3.8, 4) is 11.3 Å². The zero-order valence-corrected chi connectivity index (χ0v) is 16.2. The molecule has 1 saturated heterocycles. The summed E-state index contributed by atoms with van der Waals surface area (Å²) < 4.78 is 0. The van der Waals surface area contributed by atoms with E-state index in [1.807, 2.05) is 30.3 Å². The second-order valence-electron chi connectivity index (χ2n) is 7.22. The highest BCUT2D eigenvalue weighted by Gasteiger charge is 2.11. The Morgan fingerprint density at radius 2 is 1.44 bits per heavy atom. The van der Waals surface area contributed by atoms with Crippen molar-refractivity contribution in [3.63, 3.8) is 0 Å². The van der Waals surface area contributed by atoms with Gasteiger partial charge in [-0.05, 0) is 74.2 Å². The third-order valence-corrected chi connectivity index (χ3v) is 5.41. The van der Waals surface area contributed by atoms with Crippen LogP contribution in [0, 0.1) is 0 Å². The summed E-state index contributed by atoms with van der Waals surface area (Å²) in [5.41, 5.74) is 5.69. The van der Waals surface area contributed by atoms with Crippen LogP contribution in [0.2, 0.25) is 5.02 Å². The number of hydrogen-bond acceptors (Lipinski definition) is 3.